The Kier molecular flexibility index (Phi) is 5.95. The van der Waals surface area contributed by atoms with Crippen molar-refractivity contribution in [2.75, 3.05) is 37.7 Å². The number of aromatic carboxylic acids is 1. The lowest BCUT2D eigenvalue weighted by Gasteiger charge is -2.36. The number of ether oxygens (including phenoxy) is 1. The minimum atomic E-state index is -4.42. The van der Waals surface area contributed by atoms with Crippen LogP contribution in [0.2, 0.25) is 0 Å². The van der Waals surface area contributed by atoms with Crippen molar-refractivity contribution in [3.8, 4) is 5.75 Å². The Morgan fingerprint density at radius 1 is 1.00 bits per heavy atom. The third-order valence-corrected chi connectivity index (χ3v) is 4.63. The molecule has 29 heavy (non-hydrogen) atoms. The number of alkyl halides is 3. The molecular weight excluding hydrogens is 389 g/mol. The van der Waals surface area contributed by atoms with E-state index in [1.165, 1.54) is 18.2 Å². The summed E-state index contributed by atoms with van der Waals surface area (Å²) in [4.78, 5) is 27.0. The van der Waals surface area contributed by atoms with E-state index >= 15 is 0 Å². The number of carbonyl (C=O) groups is 2. The number of piperazine rings is 1. The maximum absolute atomic E-state index is 12.6. The van der Waals surface area contributed by atoms with Crippen LogP contribution in [-0.4, -0.2) is 54.7 Å². The molecule has 0 aliphatic carbocycles. The van der Waals surface area contributed by atoms with E-state index in [0.29, 0.717) is 26.2 Å². The standard InChI is InChI=1S/C20H19F3N2O4/c21-20(22,23)15-4-6-17(7-5-15)29-13-18(26)25-10-8-24(9-11-25)16-3-1-2-14(12-16)19(27)28/h1-7,12H,8-11,13H2,(H,27,28). The van der Waals surface area contributed by atoms with Crippen LogP contribution in [0.3, 0.4) is 0 Å². The Bertz CT molecular complexity index is 876. The van der Waals surface area contributed by atoms with Gasteiger partial charge in [-0.3, -0.25) is 4.79 Å². The Morgan fingerprint density at radius 2 is 1.66 bits per heavy atom. The number of hydrogen-bond acceptors (Lipinski definition) is 4. The smallest absolute Gasteiger partial charge is 0.416 e. The summed E-state index contributed by atoms with van der Waals surface area (Å²) < 4.78 is 43.0. The van der Waals surface area contributed by atoms with Crippen LogP contribution in [0.1, 0.15) is 15.9 Å². The summed E-state index contributed by atoms with van der Waals surface area (Å²) in [6.07, 6.45) is -4.42. The van der Waals surface area contributed by atoms with E-state index in [0.717, 1.165) is 17.8 Å². The van der Waals surface area contributed by atoms with Gasteiger partial charge >= 0.3 is 12.1 Å². The van der Waals surface area contributed by atoms with Crippen LogP contribution in [0, 0.1) is 0 Å². The van der Waals surface area contributed by atoms with Crippen LogP contribution in [0.25, 0.3) is 0 Å². The molecule has 1 aliphatic rings. The second-order valence-corrected chi connectivity index (χ2v) is 6.53. The third-order valence-electron chi connectivity index (χ3n) is 4.63. The lowest BCUT2D eigenvalue weighted by atomic mass is 10.1. The zero-order valence-corrected chi connectivity index (χ0v) is 15.4. The molecule has 2 aromatic rings. The summed E-state index contributed by atoms with van der Waals surface area (Å²) in [5, 5.41) is 9.09. The van der Waals surface area contributed by atoms with E-state index in [2.05, 4.69) is 0 Å². The van der Waals surface area contributed by atoms with E-state index in [-0.39, 0.29) is 23.8 Å². The molecule has 0 spiro atoms. The van der Waals surface area contributed by atoms with Gasteiger partial charge in [0.1, 0.15) is 5.75 Å². The lowest BCUT2D eigenvalue weighted by Crippen LogP contribution is -2.50. The van der Waals surface area contributed by atoms with Gasteiger partial charge in [-0.1, -0.05) is 6.07 Å². The summed E-state index contributed by atoms with van der Waals surface area (Å²) in [6.45, 7) is 1.68. The summed E-state index contributed by atoms with van der Waals surface area (Å²) in [5.74, 6) is -1.07. The molecule has 0 unspecified atom stereocenters. The fourth-order valence-electron chi connectivity index (χ4n) is 3.03. The van der Waals surface area contributed by atoms with E-state index in [1.54, 1.807) is 17.0 Å². The van der Waals surface area contributed by atoms with Gasteiger partial charge in [0.25, 0.3) is 5.91 Å². The van der Waals surface area contributed by atoms with Crippen LogP contribution in [-0.2, 0) is 11.0 Å². The van der Waals surface area contributed by atoms with Gasteiger partial charge in [0.05, 0.1) is 11.1 Å². The van der Waals surface area contributed by atoms with Crippen LogP contribution in [0.5, 0.6) is 5.75 Å². The number of anilines is 1. The topological polar surface area (TPSA) is 70.1 Å². The molecule has 1 fully saturated rings. The van der Waals surface area contributed by atoms with Crippen molar-refractivity contribution in [1.29, 1.82) is 0 Å². The predicted octanol–water partition coefficient (Wildman–Crippen LogP) is 3.13. The molecule has 3 rings (SSSR count). The molecule has 1 saturated heterocycles. The highest BCUT2D eigenvalue weighted by atomic mass is 19.4. The second kappa shape index (κ2) is 8.42. The zero-order chi connectivity index (χ0) is 21.0. The average molecular weight is 408 g/mol. The number of nitrogens with zero attached hydrogens (tertiary/aromatic N) is 2. The fourth-order valence-corrected chi connectivity index (χ4v) is 3.03. The van der Waals surface area contributed by atoms with Crippen molar-refractivity contribution in [1.82, 2.24) is 4.90 Å². The lowest BCUT2D eigenvalue weighted by molar-refractivity contribution is -0.137. The van der Waals surface area contributed by atoms with Crippen molar-refractivity contribution in [2.45, 2.75) is 6.18 Å². The van der Waals surface area contributed by atoms with E-state index < -0.39 is 17.7 Å². The van der Waals surface area contributed by atoms with E-state index in [1.807, 2.05) is 11.0 Å². The summed E-state index contributed by atoms with van der Waals surface area (Å²) >= 11 is 0. The number of benzene rings is 2. The Labute approximate surface area is 165 Å². The highest BCUT2D eigenvalue weighted by molar-refractivity contribution is 5.88. The normalized spacial score (nSPS) is 14.6. The monoisotopic (exact) mass is 408 g/mol. The third kappa shape index (κ3) is 5.18. The van der Waals surface area contributed by atoms with Gasteiger partial charge in [0.15, 0.2) is 6.61 Å². The molecule has 9 heteroatoms. The molecular formula is C20H19F3N2O4. The quantitative estimate of drug-likeness (QED) is 0.823. The van der Waals surface area contributed by atoms with E-state index in [9.17, 15) is 22.8 Å². The highest BCUT2D eigenvalue weighted by Crippen LogP contribution is 2.30. The highest BCUT2D eigenvalue weighted by Gasteiger charge is 2.30. The minimum absolute atomic E-state index is 0.190. The molecule has 0 saturated carbocycles. The van der Waals surface area contributed by atoms with Crippen LogP contribution >= 0.6 is 0 Å². The number of hydrogen-bond donors (Lipinski definition) is 1. The first-order valence-electron chi connectivity index (χ1n) is 8.90. The van der Waals surface area contributed by atoms with Crippen molar-refractivity contribution >= 4 is 17.6 Å². The number of carbonyl (C=O) groups excluding carboxylic acids is 1. The summed E-state index contributed by atoms with van der Waals surface area (Å²) in [5.41, 5.74) is 0.197. The largest absolute Gasteiger partial charge is 0.484 e. The zero-order valence-electron chi connectivity index (χ0n) is 15.4. The molecule has 0 radical (unpaired) electrons. The molecule has 1 N–H and O–H groups in total. The van der Waals surface area contributed by atoms with Crippen LogP contribution < -0.4 is 9.64 Å². The van der Waals surface area contributed by atoms with Gasteiger partial charge in [-0.25, -0.2) is 4.79 Å². The predicted molar refractivity (Wildman–Crippen MR) is 99.1 cm³/mol. The second-order valence-electron chi connectivity index (χ2n) is 6.53. The Balaban J connectivity index is 1.50. The van der Waals surface area contributed by atoms with Gasteiger partial charge in [0.2, 0.25) is 0 Å². The molecule has 0 atom stereocenters. The summed E-state index contributed by atoms with van der Waals surface area (Å²) in [6, 6.07) is 10.8. The molecule has 1 amide bonds. The van der Waals surface area contributed by atoms with Gasteiger partial charge in [0, 0.05) is 31.9 Å². The molecule has 1 aliphatic heterocycles. The number of halogens is 3. The first-order valence-corrected chi connectivity index (χ1v) is 8.90. The van der Waals surface area contributed by atoms with Gasteiger partial charge in [-0.05, 0) is 42.5 Å². The number of carboxylic acids is 1. The molecule has 1 heterocycles. The number of amides is 1. The SMILES string of the molecule is O=C(O)c1cccc(N2CCN(C(=O)COc3ccc(C(F)(F)F)cc3)CC2)c1. The molecule has 2 aromatic carbocycles. The van der Waals surface area contributed by atoms with Gasteiger partial charge < -0.3 is 19.6 Å². The van der Waals surface area contributed by atoms with Crippen molar-refractivity contribution < 1.29 is 32.6 Å². The van der Waals surface area contributed by atoms with Crippen molar-refractivity contribution in [2.24, 2.45) is 0 Å². The molecule has 154 valence electrons. The van der Waals surface area contributed by atoms with Gasteiger partial charge in [-0.15, -0.1) is 0 Å². The first kappa shape index (κ1) is 20.5. The minimum Gasteiger partial charge on any atom is -0.484 e. The van der Waals surface area contributed by atoms with Crippen molar-refractivity contribution in [3.63, 3.8) is 0 Å². The maximum atomic E-state index is 12.6. The van der Waals surface area contributed by atoms with Crippen molar-refractivity contribution in [3.05, 3.63) is 59.7 Å². The molecule has 0 bridgehead atoms. The Morgan fingerprint density at radius 3 is 2.24 bits per heavy atom. The van der Waals surface area contributed by atoms with E-state index in [4.69, 9.17) is 9.84 Å². The van der Waals surface area contributed by atoms with Crippen LogP contribution in [0.15, 0.2) is 48.5 Å². The Hall–Kier alpha value is -3.23. The van der Waals surface area contributed by atoms with Crippen LogP contribution in [0.4, 0.5) is 18.9 Å². The molecule has 6 nitrogen and oxygen atoms in total. The first-order chi connectivity index (χ1) is 13.7. The van der Waals surface area contributed by atoms with Gasteiger partial charge in [-0.2, -0.15) is 13.2 Å². The summed E-state index contributed by atoms with van der Waals surface area (Å²) in [7, 11) is 0. The number of carboxylic acid groups (broad SMARTS) is 1. The average Bonchev–Trinajstić information content (AvgIpc) is 2.72. The molecule has 0 aromatic heterocycles. The maximum Gasteiger partial charge on any atom is 0.416 e. The fraction of sp³-hybridized carbons (Fsp3) is 0.300. The number of rotatable bonds is 5.